The molecule has 2 amide bonds. The van der Waals surface area contributed by atoms with Crippen LogP contribution < -0.4 is 10.6 Å². The molecule has 1 aliphatic rings. The van der Waals surface area contributed by atoms with Crippen molar-refractivity contribution >= 4 is 29.3 Å². The SMILES string of the molecule is CCCC(=O)Nc1cccc(CNC(=O)CSc2ccc3c(c2)CCC3)c1. The third kappa shape index (κ3) is 5.86. The summed E-state index contributed by atoms with van der Waals surface area (Å²) in [7, 11) is 0. The summed E-state index contributed by atoms with van der Waals surface area (Å²) in [4.78, 5) is 25.0. The van der Waals surface area contributed by atoms with Crippen LogP contribution >= 0.6 is 11.8 Å². The molecule has 0 aromatic heterocycles. The zero-order chi connectivity index (χ0) is 19.1. The summed E-state index contributed by atoms with van der Waals surface area (Å²) in [5.74, 6) is 0.441. The fourth-order valence-corrected chi connectivity index (χ4v) is 4.04. The van der Waals surface area contributed by atoms with Gasteiger partial charge in [0.05, 0.1) is 5.75 Å². The average Bonchev–Trinajstić information content (AvgIpc) is 3.13. The highest BCUT2D eigenvalue weighted by Gasteiger charge is 2.11. The van der Waals surface area contributed by atoms with Crippen molar-refractivity contribution in [3.63, 3.8) is 0 Å². The Morgan fingerprint density at radius 2 is 1.89 bits per heavy atom. The minimum atomic E-state index is 0.0147. The first kappa shape index (κ1) is 19.5. The van der Waals surface area contributed by atoms with E-state index in [0.717, 1.165) is 29.0 Å². The summed E-state index contributed by atoms with van der Waals surface area (Å²) < 4.78 is 0. The number of rotatable bonds is 8. The molecule has 0 bridgehead atoms. The van der Waals surface area contributed by atoms with Gasteiger partial charge in [-0.25, -0.2) is 0 Å². The number of hydrogen-bond acceptors (Lipinski definition) is 3. The normalized spacial score (nSPS) is 12.5. The number of carbonyl (C=O) groups excluding carboxylic acids is 2. The lowest BCUT2D eigenvalue weighted by Crippen LogP contribution is -2.24. The zero-order valence-corrected chi connectivity index (χ0v) is 16.5. The molecule has 2 aromatic rings. The van der Waals surface area contributed by atoms with Gasteiger partial charge in [0.15, 0.2) is 0 Å². The molecular formula is C22H26N2O2S. The maximum absolute atomic E-state index is 12.2. The lowest BCUT2D eigenvalue weighted by atomic mass is 10.1. The van der Waals surface area contributed by atoms with Gasteiger partial charge in [0.25, 0.3) is 0 Å². The third-order valence-corrected chi connectivity index (χ3v) is 5.61. The van der Waals surface area contributed by atoms with Crippen LogP contribution in [0.3, 0.4) is 0 Å². The Morgan fingerprint density at radius 3 is 2.74 bits per heavy atom. The summed E-state index contributed by atoms with van der Waals surface area (Å²) in [6.07, 6.45) is 4.91. The van der Waals surface area contributed by atoms with E-state index in [4.69, 9.17) is 0 Å². The molecule has 3 rings (SSSR count). The highest BCUT2D eigenvalue weighted by Crippen LogP contribution is 2.27. The van der Waals surface area contributed by atoms with Gasteiger partial charge in [-0.3, -0.25) is 9.59 Å². The summed E-state index contributed by atoms with van der Waals surface area (Å²) in [5, 5.41) is 5.84. The number of aryl methyl sites for hydroxylation is 2. The van der Waals surface area contributed by atoms with Gasteiger partial charge in [0.2, 0.25) is 11.8 Å². The van der Waals surface area contributed by atoms with Crippen LogP contribution in [-0.4, -0.2) is 17.6 Å². The Balaban J connectivity index is 1.45. The van der Waals surface area contributed by atoms with E-state index < -0.39 is 0 Å². The maximum atomic E-state index is 12.2. The molecule has 2 N–H and O–H groups in total. The number of nitrogens with one attached hydrogen (secondary N) is 2. The quantitative estimate of drug-likeness (QED) is 0.669. The van der Waals surface area contributed by atoms with Crippen LogP contribution in [-0.2, 0) is 29.0 Å². The van der Waals surface area contributed by atoms with Crippen molar-refractivity contribution in [2.24, 2.45) is 0 Å². The molecule has 0 heterocycles. The van der Waals surface area contributed by atoms with Gasteiger partial charge in [-0.05, 0) is 66.6 Å². The molecule has 0 saturated heterocycles. The van der Waals surface area contributed by atoms with E-state index in [9.17, 15) is 9.59 Å². The predicted molar refractivity (Wildman–Crippen MR) is 111 cm³/mol. The van der Waals surface area contributed by atoms with Gasteiger partial charge >= 0.3 is 0 Å². The van der Waals surface area contributed by atoms with Crippen LogP contribution in [0.4, 0.5) is 5.69 Å². The summed E-state index contributed by atoms with van der Waals surface area (Å²) in [6.45, 7) is 2.44. The van der Waals surface area contributed by atoms with Crippen molar-refractivity contribution in [1.82, 2.24) is 5.32 Å². The summed E-state index contributed by atoms with van der Waals surface area (Å²) >= 11 is 1.58. The fourth-order valence-electron chi connectivity index (χ4n) is 3.25. The largest absolute Gasteiger partial charge is 0.351 e. The van der Waals surface area contributed by atoms with Gasteiger partial charge in [-0.1, -0.05) is 25.1 Å². The number of hydrogen-bond donors (Lipinski definition) is 2. The third-order valence-electron chi connectivity index (χ3n) is 4.62. The highest BCUT2D eigenvalue weighted by molar-refractivity contribution is 8.00. The Morgan fingerprint density at radius 1 is 1.04 bits per heavy atom. The standard InChI is InChI=1S/C22H26N2O2S/c1-2-5-21(25)24-19-9-3-6-16(12-19)14-23-22(26)15-27-20-11-10-17-7-4-8-18(17)13-20/h3,6,9-13H,2,4-5,7-8,14-15H2,1H3,(H,23,26)(H,24,25). The lowest BCUT2D eigenvalue weighted by molar-refractivity contribution is -0.119. The van der Waals surface area contributed by atoms with Crippen molar-refractivity contribution in [2.45, 2.75) is 50.5 Å². The molecule has 27 heavy (non-hydrogen) atoms. The monoisotopic (exact) mass is 382 g/mol. The van der Waals surface area contributed by atoms with E-state index in [0.29, 0.717) is 18.7 Å². The van der Waals surface area contributed by atoms with Crippen molar-refractivity contribution in [2.75, 3.05) is 11.1 Å². The van der Waals surface area contributed by atoms with E-state index >= 15 is 0 Å². The van der Waals surface area contributed by atoms with Gasteiger partial charge in [0, 0.05) is 23.5 Å². The van der Waals surface area contributed by atoms with E-state index in [1.807, 2.05) is 31.2 Å². The van der Waals surface area contributed by atoms with Crippen LogP contribution in [0.2, 0.25) is 0 Å². The molecule has 0 saturated carbocycles. The van der Waals surface area contributed by atoms with Crippen LogP contribution in [0.1, 0.15) is 42.9 Å². The molecule has 0 unspecified atom stereocenters. The summed E-state index contributed by atoms with van der Waals surface area (Å²) in [5.41, 5.74) is 4.63. The fraction of sp³-hybridized carbons (Fsp3) is 0.364. The second kappa shape index (κ2) is 9.60. The van der Waals surface area contributed by atoms with Crippen molar-refractivity contribution in [1.29, 1.82) is 0 Å². The van der Waals surface area contributed by atoms with Gasteiger partial charge < -0.3 is 10.6 Å². The van der Waals surface area contributed by atoms with Gasteiger partial charge in [-0.2, -0.15) is 0 Å². The number of fused-ring (bicyclic) bond motifs is 1. The first-order chi connectivity index (χ1) is 13.1. The van der Waals surface area contributed by atoms with Gasteiger partial charge in [0.1, 0.15) is 0 Å². The van der Waals surface area contributed by atoms with E-state index in [1.165, 1.54) is 24.0 Å². The molecular weight excluding hydrogens is 356 g/mol. The van der Waals surface area contributed by atoms with Crippen LogP contribution in [0.25, 0.3) is 0 Å². The molecule has 0 atom stereocenters. The molecule has 0 spiro atoms. The topological polar surface area (TPSA) is 58.2 Å². The Labute approximate surface area is 165 Å². The van der Waals surface area contributed by atoms with Crippen LogP contribution in [0.15, 0.2) is 47.4 Å². The minimum absolute atomic E-state index is 0.0147. The number of thioether (sulfide) groups is 1. The molecule has 142 valence electrons. The maximum Gasteiger partial charge on any atom is 0.230 e. The Kier molecular flexibility index (Phi) is 6.93. The molecule has 0 fully saturated rings. The number of amides is 2. The Hall–Kier alpha value is -2.27. The molecule has 1 aliphatic carbocycles. The van der Waals surface area contributed by atoms with E-state index in [2.05, 4.69) is 28.8 Å². The van der Waals surface area contributed by atoms with Gasteiger partial charge in [-0.15, -0.1) is 11.8 Å². The number of carbonyl (C=O) groups is 2. The lowest BCUT2D eigenvalue weighted by Gasteiger charge is -2.09. The Bertz CT molecular complexity index is 820. The minimum Gasteiger partial charge on any atom is -0.351 e. The summed E-state index contributed by atoms with van der Waals surface area (Å²) in [6, 6.07) is 14.1. The molecule has 4 nitrogen and oxygen atoms in total. The number of benzene rings is 2. The average molecular weight is 383 g/mol. The van der Waals surface area contributed by atoms with Crippen LogP contribution in [0.5, 0.6) is 0 Å². The second-order valence-electron chi connectivity index (χ2n) is 6.85. The predicted octanol–water partition coefficient (Wildman–Crippen LogP) is 4.32. The van der Waals surface area contributed by atoms with Crippen LogP contribution in [0, 0.1) is 0 Å². The number of anilines is 1. The smallest absolute Gasteiger partial charge is 0.230 e. The van der Waals surface area contributed by atoms with Crippen molar-refractivity contribution in [3.8, 4) is 0 Å². The second-order valence-corrected chi connectivity index (χ2v) is 7.90. The van der Waals surface area contributed by atoms with E-state index in [1.54, 1.807) is 11.8 Å². The van der Waals surface area contributed by atoms with Crippen molar-refractivity contribution in [3.05, 3.63) is 59.2 Å². The molecule has 5 heteroatoms. The first-order valence-corrected chi connectivity index (χ1v) is 10.5. The molecule has 2 aromatic carbocycles. The van der Waals surface area contributed by atoms with E-state index in [-0.39, 0.29) is 11.8 Å². The zero-order valence-electron chi connectivity index (χ0n) is 15.7. The molecule has 0 aliphatic heterocycles. The molecule has 0 radical (unpaired) electrons. The first-order valence-electron chi connectivity index (χ1n) is 9.54. The highest BCUT2D eigenvalue weighted by atomic mass is 32.2. The van der Waals surface area contributed by atoms with Crippen molar-refractivity contribution < 1.29 is 9.59 Å².